The molecule has 0 aromatic heterocycles. The number of amides is 2. The molecule has 0 aromatic carbocycles. The predicted octanol–water partition coefficient (Wildman–Crippen LogP) is 5.10. The van der Waals surface area contributed by atoms with Crippen molar-refractivity contribution in [1.82, 2.24) is 10.6 Å². The zero-order valence-corrected chi connectivity index (χ0v) is 23.9. The lowest BCUT2D eigenvalue weighted by atomic mass is 9.89. The highest BCUT2D eigenvalue weighted by molar-refractivity contribution is 7.45. The second-order valence-corrected chi connectivity index (χ2v) is 13.8. The van der Waals surface area contributed by atoms with Crippen molar-refractivity contribution in [2.24, 2.45) is 10.8 Å². The third-order valence-electron chi connectivity index (χ3n) is 4.88. The van der Waals surface area contributed by atoms with E-state index in [1.165, 1.54) is 0 Å². The number of phosphoric acid groups is 1. The molecule has 0 bridgehead atoms. The van der Waals surface area contributed by atoms with Crippen LogP contribution in [-0.4, -0.2) is 36.6 Å². The normalized spacial score (nSPS) is 14.7. The second kappa shape index (κ2) is 14.6. The quantitative estimate of drug-likeness (QED) is 0.236. The van der Waals surface area contributed by atoms with E-state index < -0.39 is 19.5 Å². The van der Waals surface area contributed by atoms with Crippen molar-refractivity contribution in [3.05, 3.63) is 0 Å². The Morgan fingerprint density at radius 1 is 0.765 bits per heavy atom. The van der Waals surface area contributed by atoms with E-state index >= 15 is 0 Å². The highest BCUT2D eigenvalue weighted by Crippen LogP contribution is 2.44. The molecule has 8 nitrogen and oxygen atoms in total. The van der Waals surface area contributed by atoms with Gasteiger partial charge in [0.15, 0.2) is 0 Å². The zero-order chi connectivity index (χ0) is 26.6. The number of carbonyl (C=O) groups is 2. The summed E-state index contributed by atoms with van der Waals surface area (Å²) >= 11 is 0. The molecular weight excluding hydrogens is 455 g/mol. The summed E-state index contributed by atoms with van der Waals surface area (Å²) in [6, 6.07) is 0. The number of rotatable bonds is 15. The van der Waals surface area contributed by atoms with Crippen LogP contribution in [-0.2, 0) is 23.2 Å². The van der Waals surface area contributed by atoms with Gasteiger partial charge in [-0.15, -0.1) is 0 Å². The van der Waals surface area contributed by atoms with E-state index in [0.717, 1.165) is 38.5 Å². The molecule has 0 saturated heterocycles. The molecule has 1 atom stereocenters. The van der Waals surface area contributed by atoms with Crippen LogP contribution in [0.25, 0.3) is 0 Å². The van der Waals surface area contributed by atoms with Gasteiger partial charge in [0.2, 0.25) is 11.8 Å². The van der Waals surface area contributed by atoms with Crippen molar-refractivity contribution in [2.45, 2.75) is 125 Å². The highest BCUT2D eigenvalue weighted by atomic mass is 31.2. The average Bonchev–Trinajstić information content (AvgIpc) is 2.61. The Labute approximate surface area is 207 Å². The molecule has 1 unspecified atom stereocenters. The Morgan fingerprint density at radius 3 is 1.47 bits per heavy atom. The summed E-state index contributed by atoms with van der Waals surface area (Å²) in [6.45, 7) is 17.7. The first-order valence-electron chi connectivity index (χ1n) is 12.5. The summed E-state index contributed by atoms with van der Waals surface area (Å²) < 4.78 is 22.6. The molecule has 0 fully saturated rings. The van der Waals surface area contributed by atoms with Gasteiger partial charge in [-0.25, -0.2) is 0 Å². The van der Waals surface area contributed by atoms with Crippen molar-refractivity contribution < 1.29 is 28.1 Å². The van der Waals surface area contributed by atoms with Crippen molar-refractivity contribution in [3.63, 3.8) is 0 Å². The fourth-order valence-corrected chi connectivity index (χ4v) is 4.43. The lowest BCUT2D eigenvalue weighted by molar-refractivity contribution is -0.237. The molecule has 2 amide bonds. The van der Waals surface area contributed by atoms with Gasteiger partial charge in [-0.3, -0.25) is 14.2 Å². The van der Waals surface area contributed by atoms with E-state index in [2.05, 4.69) is 52.2 Å². The summed E-state index contributed by atoms with van der Waals surface area (Å²) in [7, 11) is -4.63. The minimum Gasteiger partial charge on any atom is -0.756 e. The van der Waals surface area contributed by atoms with E-state index in [-0.39, 0.29) is 35.7 Å². The standard InChI is InChI=1S/C25H51N2O6P/c1-23(2,3)16-12-10-14-21(28)26-18-20(32-34(30,31)33-25(7,8)9)19-27-22(29)15-11-13-17-24(4,5)6/h20H,10-19H2,1-9H3,(H,26,28)(H,27,29)(H,30,31)/p-1. The number of hydrogen-bond donors (Lipinski definition) is 2. The molecule has 0 saturated carbocycles. The fourth-order valence-electron chi connectivity index (χ4n) is 3.20. The van der Waals surface area contributed by atoms with Crippen LogP contribution in [0.1, 0.15) is 114 Å². The Kier molecular flexibility index (Phi) is 14.2. The zero-order valence-electron chi connectivity index (χ0n) is 23.0. The first-order valence-corrected chi connectivity index (χ1v) is 14.0. The molecule has 34 heavy (non-hydrogen) atoms. The summed E-state index contributed by atoms with van der Waals surface area (Å²) in [5, 5.41) is 5.46. The number of phosphoric ester groups is 1. The maximum atomic E-state index is 12.3. The van der Waals surface area contributed by atoms with Gasteiger partial charge in [0.25, 0.3) is 7.82 Å². The first-order chi connectivity index (χ1) is 15.3. The van der Waals surface area contributed by atoms with Crippen LogP contribution in [0, 0.1) is 10.8 Å². The minimum atomic E-state index is -4.63. The van der Waals surface area contributed by atoms with E-state index in [1.807, 2.05) is 0 Å². The van der Waals surface area contributed by atoms with Gasteiger partial charge in [-0.2, -0.15) is 0 Å². The van der Waals surface area contributed by atoms with Crippen LogP contribution in [0.5, 0.6) is 0 Å². The summed E-state index contributed by atoms with van der Waals surface area (Å²) in [5.41, 5.74) is -0.500. The SMILES string of the molecule is CC(C)(C)CCCCC(=O)NCC(CNC(=O)CCCCC(C)(C)C)OP(=O)([O-])OC(C)(C)C. The summed E-state index contributed by atoms with van der Waals surface area (Å²) in [5.74, 6) is -0.345. The molecule has 0 aliphatic heterocycles. The third kappa shape index (κ3) is 21.6. The van der Waals surface area contributed by atoms with Crippen LogP contribution >= 0.6 is 7.82 Å². The van der Waals surface area contributed by atoms with Gasteiger partial charge in [0.05, 0.1) is 5.60 Å². The lowest BCUT2D eigenvalue weighted by Crippen LogP contribution is -2.42. The van der Waals surface area contributed by atoms with Crippen LogP contribution in [0.15, 0.2) is 0 Å². The molecule has 0 aromatic rings. The largest absolute Gasteiger partial charge is 0.756 e. The number of hydrogen-bond acceptors (Lipinski definition) is 6. The average molecular weight is 506 g/mol. The van der Waals surface area contributed by atoms with E-state index in [0.29, 0.717) is 12.8 Å². The van der Waals surface area contributed by atoms with E-state index in [4.69, 9.17) is 9.05 Å². The predicted molar refractivity (Wildman–Crippen MR) is 135 cm³/mol. The number of unbranched alkanes of at least 4 members (excludes halogenated alkanes) is 2. The van der Waals surface area contributed by atoms with Gasteiger partial charge in [0.1, 0.15) is 6.10 Å². The molecule has 0 radical (unpaired) electrons. The maximum Gasteiger partial charge on any atom is 0.268 e. The highest BCUT2D eigenvalue weighted by Gasteiger charge is 2.25. The van der Waals surface area contributed by atoms with Crippen LogP contribution in [0.3, 0.4) is 0 Å². The van der Waals surface area contributed by atoms with Crippen LogP contribution in [0.4, 0.5) is 0 Å². The molecule has 9 heteroatoms. The number of nitrogens with one attached hydrogen (secondary N) is 2. The smallest absolute Gasteiger partial charge is 0.268 e. The van der Waals surface area contributed by atoms with Crippen LogP contribution in [0.2, 0.25) is 0 Å². The Morgan fingerprint density at radius 2 is 1.15 bits per heavy atom. The second-order valence-electron chi connectivity index (χ2n) is 12.5. The lowest BCUT2D eigenvalue weighted by Gasteiger charge is -2.33. The molecule has 202 valence electrons. The molecule has 0 heterocycles. The first kappa shape index (κ1) is 33.0. The summed E-state index contributed by atoms with van der Waals surface area (Å²) in [6.07, 6.45) is 5.21. The van der Waals surface area contributed by atoms with Gasteiger partial charge >= 0.3 is 0 Å². The van der Waals surface area contributed by atoms with Crippen molar-refractivity contribution in [2.75, 3.05) is 13.1 Å². The monoisotopic (exact) mass is 505 g/mol. The third-order valence-corrected chi connectivity index (χ3v) is 6.21. The van der Waals surface area contributed by atoms with Crippen molar-refractivity contribution in [1.29, 1.82) is 0 Å². The number of carbonyl (C=O) groups excluding carboxylic acids is 2. The molecule has 0 rings (SSSR count). The van der Waals surface area contributed by atoms with Gasteiger partial charge in [-0.1, -0.05) is 54.4 Å². The minimum absolute atomic E-state index is 0.0395. The van der Waals surface area contributed by atoms with Gasteiger partial charge < -0.3 is 24.6 Å². The van der Waals surface area contributed by atoms with E-state index in [1.54, 1.807) is 20.8 Å². The molecular formula is C25H50N2O6P-. The van der Waals surface area contributed by atoms with Gasteiger partial charge in [-0.05, 0) is 57.3 Å². The molecule has 0 aliphatic carbocycles. The fraction of sp³-hybridized carbons (Fsp3) is 0.920. The van der Waals surface area contributed by atoms with Gasteiger partial charge in [0, 0.05) is 25.9 Å². The van der Waals surface area contributed by atoms with Crippen molar-refractivity contribution in [3.8, 4) is 0 Å². The molecule has 0 aliphatic rings. The van der Waals surface area contributed by atoms with Crippen molar-refractivity contribution >= 4 is 19.6 Å². The topological polar surface area (TPSA) is 117 Å². The van der Waals surface area contributed by atoms with Crippen LogP contribution < -0.4 is 15.5 Å². The summed E-state index contributed by atoms with van der Waals surface area (Å²) in [4.78, 5) is 36.8. The maximum absolute atomic E-state index is 12.3. The van der Waals surface area contributed by atoms with E-state index in [9.17, 15) is 19.0 Å². The molecule has 2 N–H and O–H groups in total. The Balaban J connectivity index is 4.73. The Hall–Kier alpha value is -0.950. The Bertz CT molecular complexity index is 624. The molecule has 0 spiro atoms.